The Labute approximate surface area is 380 Å². The van der Waals surface area contributed by atoms with E-state index < -0.39 is 41.0 Å². The molecule has 0 spiro atoms. The lowest BCUT2D eigenvalue weighted by Gasteiger charge is -2.42. The zero-order valence-corrected chi connectivity index (χ0v) is 39.8. The predicted octanol–water partition coefficient (Wildman–Crippen LogP) is 5.23. The summed E-state index contributed by atoms with van der Waals surface area (Å²) in [5.41, 5.74) is 6.39. The number of aliphatic hydroxyl groups is 1. The van der Waals surface area contributed by atoms with Crippen LogP contribution in [0.5, 0.6) is 0 Å². The number of amides is 4. The predicted molar refractivity (Wildman–Crippen MR) is 246 cm³/mol. The molecule has 0 saturated carbocycles. The van der Waals surface area contributed by atoms with E-state index >= 15 is 0 Å². The van der Waals surface area contributed by atoms with Gasteiger partial charge in [0, 0.05) is 105 Å². The van der Waals surface area contributed by atoms with E-state index in [-0.39, 0.29) is 50.1 Å². The lowest BCUT2D eigenvalue weighted by atomic mass is 9.84. The number of rotatable bonds is 8. The molecule has 1 aromatic carbocycles. The zero-order valence-electron chi connectivity index (χ0n) is 38.9. The highest BCUT2D eigenvalue weighted by atomic mass is 32.1. The minimum Gasteiger partial charge on any atom is -0.462 e. The van der Waals surface area contributed by atoms with Crippen LogP contribution in [0, 0.1) is 11.3 Å². The standard InChI is InChI=1S/C47H65N9O7S/c1-11-54-37-16-15-31-22-33(37)34(41(54)32-14-12-18-48-39(32)30(5)62-10)24-46(6,7)27-63-44(59)47(61)17-13-19-56(51-47)43(58)35(23-38-49-36(31)26-64-38)50-42(57)40(28(2)3)53(9)45(60)55-21-20-52(8)25-29(55)4/h12,14-16,18,22,26,28-30,35,40,51,61H,11,13,17,19-21,23-25,27H2,1-10H3,(H,50,57)/t29-,30+,35+,40+,47+/m1/s1. The highest BCUT2D eigenvalue weighted by Gasteiger charge is 2.46. The van der Waals surface area contributed by atoms with Crippen LogP contribution in [0.1, 0.15) is 83.7 Å². The van der Waals surface area contributed by atoms with Crippen LogP contribution in [0.25, 0.3) is 33.4 Å². The lowest BCUT2D eigenvalue weighted by Crippen LogP contribution is -2.67. The van der Waals surface area contributed by atoms with Gasteiger partial charge in [0.2, 0.25) is 11.6 Å². The number of hydrazine groups is 1. The molecule has 0 unspecified atom stereocenters. The van der Waals surface area contributed by atoms with E-state index in [0.29, 0.717) is 37.5 Å². The number of esters is 1. The number of urea groups is 1. The van der Waals surface area contributed by atoms with E-state index in [9.17, 15) is 24.3 Å². The average molecular weight is 900 g/mol. The van der Waals surface area contributed by atoms with Crippen molar-refractivity contribution in [1.82, 2.24) is 45.0 Å². The van der Waals surface area contributed by atoms with Gasteiger partial charge in [0.15, 0.2) is 0 Å². The number of nitrogens with one attached hydrogen (secondary N) is 2. The summed E-state index contributed by atoms with van der Waals surface area (Å²) in [4.78, 5) is 72.3. The van der Waals surface area contributed by atoms with Gasteiger partial charge in [0.1, 0.15) is 12.1 Å². The molecule has 2 fully saturated rings. The number of carbonyl (C=O) groups is 4. The zero-order chi connectivity index (χ0) is 46.2. The molecular weight excluding hydrogens is 835 g/mol. The number of pyridine rings is 1. The third kappa shape index (κ3) is 9.41. The number of cyclic esters (lactones) is 1. The number of nitrogens with zero attached hydrogens (tertiary/aromatic N) is 7. The van der Waals surface area contributed by atoms with Crippen LogP contribution in [0.3, 0.4) is 0 Å². The normalized spacial score (nSPS) is 23.1. The second-order valence-corrected chi connectivity index (χ2v) is 19.8. The number of benzene rings is 1. The molecular formula is C47H65N9O7S. The van der Waals surface area contributed by atoms with E-state index in [4.69, 9.17) is 19.4 Å². The van der Waals surface area contributed by atoms with Crippen molar-refractivity contribution in [3.05, 3.63) is 58.2 Å². The topological polar surface area (TPSA) is 175 Å². The van der Waals surface area contributed by atoms with Gasteiger partial charge in [-0.15, -0.1) is 11.3 Å². The second kappa shape index (κ2) is 18.9. The summed E-state index contributed by atoms with van der Waals surface area (Å²) in [5.74, 6) is -2.25. The monoisotopic (exact) mass is 899 g/mol. The molecule has 2 saturated heterocycles. The van der Waals surface area contributed by atoms with Crippen molar-refractivity contribution in [2.75, 3.05) is 54.0 Å². The smallest absolute Gasteiger partial charge is 0.355 e. The number of ether oxygens (including phenoxy) is 2. The second-order valence-electron chi connectivity index (χ2n) is 18.9. The number of aryl methyl sites for hydroxylation is 1. The van der Waals surface area contributed by atoms with Crippen LogP contribution in [-0.4, -0.2) is 141 Å². The highest BCUT2D eigenvalue weighted by molar-refractivity contribution is 7.10. The van der Waals surface area contributed by atoms with Gasteiger partial charge in [-0.3, -0.25) is 19.6 Å². The average Bonchev–Trinajstić information content (AvgIpc) is 3.85. The molecule has 3 aliphatic rings. The molecule has 16 nitrogen and oxygen atoms in total. The number of methoxy groups -OCH3 is 1. The summed E-state index contributed by atoms with van der Waals surface area (Å²) in [7, 11) is 5.32. The van der Waals surface area contributed by atoms with E-state index in [2.05, 4.69) is 51.4 Å². The van der Waals surface area contributed by atoms with E-state index in [1.807, 2.05) is 60.0 Å². The first kappa shape index (κ1) is 47.0. The Hall–Kier alpha value is -4.94. The quantitative estimate of drug-likeness (QED) is 0.198. The summed E-state index contributed by atoms with van der Waals surface area (Å²) in [6.07, 6.45) is 2.32. The Bertz CT molecular complexity index is 2380. The molecule has 346 valence electrons. The number of hydrogen-bond donors (Lipinski definition) is 3. The molecule has 6 heterocycles. The summed E-state index contributed by atoms with van der Waals surface area (Å²) in [6, 6.07) is 7.93. The van der Waals surface area contributed by atoms with Crippen molar-refractivity contribution in [1.29, 1.82) is 0 Å². The minimum atomic E-state index is -2.20. The van der Waals surface area contributed by atoms with Gasteiger partial charge in [-0.2, -0.15) is 5.43 Å². The van der Waals surface area contributed by atoms with Gasteiger partial charge in [-0.05, 0) is 76.4 Å². The molecule has 64 heavy (non-hydrogen) atoms. The molecule has 0 radical (unpaired) electrons. The maximum atomic E-state index is 14.6. The largest absolute Gasteiger partial charge is 0.462 e. The number of piperazine rings is 1. The van der Waals surface area contributed by atoms with Gasteiger partial charge in [-0.25, -0.2) is 14.6 Å². The van der Waals surface area contributed by atoms with Crippen LogP contribution >= 0.6 is 11.3 Å². The first-order chi connectivity index (χ1) is 30.4. The number of likely N-dealkylation sites (N-methyl/N-ethyl adjacent to an activating group) is 2. The van der Waals surface area contributed by atoms with Crippen molar-refractivity contribution in [2.24, 2.45) is 11.3 Å². The van der Waals surface area contributed by atoms with Crippen LogP contribution in [0.15, 0.2) is 41.9 Å². The molecule has 5 atom stereocenters. The fraction of sp³-hybridized carbons (Fsp3) is 0.574. The molecule has 3 aliphatic heterocycles. The van der Waals surface area contributed by atoms with Crippen LogP contribution < -0.4 is 10.7 Å². The summed E-state index contributed by atoms with van der Waals surface area (Å²) >= 11 is 1.38. The molecule has 3 N–H and O–H groups in total. The summed E-state index contributed by atoms with van der Waals surface area (Å²) in [6.45, 7) is 16.7. The molecule has 7 rings (SSSR count). The Balaban J connectivity index is 1.30. The van der Waals surface area contributed by atoms with Crippen molar-refractivity contribution < 1.29 is 33.8 Å². The molecule has 6 bridgehead atoms. The first-order valence-corrected chi connectivity index (χ1v) is 23.3. The number of carbonyl (C=O) groups excluding carboxylic acids is 4. The van der Waals surface area contributed by atoms with E-state index in [0.717, 1.165) is 51.2 Å². The van der Waals surface area contributed by atoms with Crippen LogP contribution in [0.2, 0.25) is 0 Å². The Morgan fingerprint density at radius 2 is 1.92 bits per heavy atom. The number of thiazole rings is 1. The lowest BCUT2D eigenvalue weighted by molar-refractivity contribution is -0.189. The maximum absolute atomic E-state index is 14.6. The van der Waals surface area contributed by atoms with Crippen molar-refractivity contribution in [3.8, 4) is 22.5 Å². The van der Waals surface area contributed by atoms with Gasteiger partial charge in [0.25, 0.3) is 5.91 Å². The van der Waals surface area contributed by atoms with Gasteiger partial charge in [-0.1, -0.05) is 33.8 Å². The fourth-order valence-electron chi connectivity index (χ4n) is 9.53. The molecule has 17 heteroatoms. The van der Waals surface area contributed by atoms with Crippen molar-refractivity contribution in [2.45, 2.75) is 111 Å². The van der Waals surface area contributed by atoms with E-state index in [1.54, 1.807) is 25.3 Å². The SMILES string of the molecule is CCn1c(-c2cccnc2[C@H](C)OC)c2c3cc(ccc31)-c1csc(n1)C[C@H](NC(=O)[C@H](C(C)C)N(C)C(=O)N1CCN(C)C[C@H]1C)C(=O)N1CCC[C@@](O)(N1)C(=O)OCC(C)(C)C2. The van der Waals surface area contributed by atoms with Gasteiger partial charge < -0.3 is 39.2 Å². The summed E-state index contributed by atoms with van der Waals surface area (Å²) in [5, 5.41) is 19.6. The van der Waals surface area contributed by atoms with Crippen LogP contribution in [0.4, 0.5) is 4.79 Å². The highest BCUT2D eigenvalue weighted by Crippen LogP contribution is 2.42. The Kier molecular flexibility index (Phi) is 13.9. The first-order valence-electron chi connectivity index (χ1n) is 22.5. The van der Waals surface area contributed by atoms with Gasteiger partial charge in [0.05, 0.1) is 34.8 Å². The van der Waals surface area contributed by atoms with Crippen LogP contribution in [-0.2, 0) is 43.2 Å². The molecule has 4 aromatic rings. The number of hydrogen-bond acceptors (Lipinski definition) is 12. The van der Waals surface area contributed by atoms with Crippen molar-refractivity contribution >= 4 is 46.1 Å². The summed E-state index contributed by atoms with van der Waals surface area (Å²) < 4.78 is 14.1. The van der Waals surface area contributed by atoms with Gasteiger partial charge >= 0.3 is 12.0 Å². The van der Waals surface area contributed by atoms with E-state index in [1.165, 1.54) is 21.2 Å². The molecule has 3 aromatic heterocycles. The molecule has 0 aliphatic carbocycles. The van der Waals surface area contributed by atoms with Crippen molar-refractivity contribution in [3.63, 3.8) is 0 Å². The maximum Gasteiger partial charge on any atom is 0.355 e. The number of aromatic nitrogens is 3. The third-order valence-corrected chi connectivity index (χ3v) is 13.8. The third-order valence-electron chi connectivity index (χ3n) is 12.9. The Morgan fingerprint density at radius 3 is 2.62 bits per heavy atom. The molecule has 4 amide bonds. The minimum absolute atomic E-state index is 0.00827. The fourth-order valence-corrected chi connectivity index (χ4v) is 10.4. The Morgan fingerprint density at radius 1 is 1.16 bits per heavy atom. The number of fused-ring (bicyclic) bond motifs is 6.